The number of benzene rings is 1. The SMILES string of the molecule is Cn1cc(N)c(C(=O)Nc2ccccc2OC(F)F)n1. The fourth-order valence-corrected chi connectivity index (χ4v) is 1.63. The summed E-state index contributed by atoms with van der Waals surface area (Å²) in [6.07, 6.45) is 1.47. The van der Waals surface area contributed by atoms with Crippen molar-refractivity contribution in [3.63, 3.8) is 0 Å². The van der Waals surface area contributed by atoms with E-state index >= 15 is 0 Å². The molecule has 3 N–H and O–H groups in total. The molecule has 0 unspecified atom stereocenters. The van der Waals surface area contributed by atoms with Gasteiger partial charge in [0.1, 0.15) is 5.75 Å². The zero-order chi connectivity index (χ0) is 14.7. The zero-order valence-corrected chi connectivity index (χ0v) is 10.5. The Hall–Kier alpha value is -2.64. The lowest BCUT2D eigenvalue weighted by molar-refractivity contribution is -0.0493. The molecule has 1 amide bonds. The smallest absolute Gasteiger partial charge is 0.387 e. The number of carbonyl (C=O) groups is 1. The van der Waals surface area contributed by atoms with Gasteiger partial charge < -0.3 is 15.8 Å². The number of rotatable bonds is 4. The van der Waals surface area contributed by atoms with E-state index in [4.69, 9.17) is 5.73 Å². The molecular formula is C12H12F2N4O2. The molecule has 0 spiro atoms. The summed E-state index contributed by atoms with van der Waals surface area (Å²) in [4.78, 5) is 12.0. The second kappa shape index (κ2) is 5.55. The van der Waals surface area contributed by atoms with Gasteiger partial charge in [-0.3, -0.25) is 9.48 Å². The second-order valence-corrected chi connectivity index (χ2v) is 3.94. The number of nitrogen functional groups attached to an aromatic ring is 1. The van der Waals surface area contributed by atoms with Crippen molar-refractivity contribution in [3.8, 4) is 5.75 Å². The first kappa shape index (κ1) is 13.8. The van der Waals surface area contributed by atoms with E-state index in [2.05, 4.69) is 15.2 Å². The number of ether oxygens (including phenoxy) is 1. The van der Waals surface area contributed by atoms with Gasteiger partial charge in [-0.25, -0.2) is 0 Å². The molecule has 0 bridgehead atoms. The Morgan fingerprint density at radius 2 is 2.15 bits per heavy atom. The average Bonchev–Trinajstić information content (AvgIpc) is 2.70. The number of nitrogens with one attached hydrogen (secondary N) is 1. The summed E-state index contributed by atoms with van der Waals surface area (Å²) in [6.45, 7) is -2.98. The summed E-state index contributed by atoms with van der Waals surface area (Å²) in [7, 11) is 1.61. The third-order valence-electron chi connectivity index (χ3n) is 2.42. The summed E-state index contributed by atoms with van der Waals surface area (Å²) in [6, 6.07) is 5.86. The van der Waals surface area contributed by atoms with E-state index in [0.717, 1.165) is 0 Å². The predicted octanol–water partition coefficient (Wildman–Crippen LogP) is 1.86. The lowest BCUT2D eigenvalue weighted by Gasteiger charge is -2.10. The number of aromatic nitrogens is 2. The van der Waals surface area contributed by atoms with E-state index in [0.29, 0.717) is 0 Å². The van der Waals surface area contributed by atoms with Crippen LogP contribution in [0.25, 0.3) is 0 Å². The van der Waals surface area contributed by atoms with E-state index in [-0.39, 0.29) is 22.8 Å². The van der Waals surface area contributed by atoms with Gasteiger partial charge in [-0.1, -0.05) is 12.1 Å². The Kier molecular flexibility index (Phi) is 3.83. The molecule has 0 saturated carbocycles. The molecule has 8 heteroatoms. The monoisotopic (exact) mass is 282 g/mol. The van der Waals surface area contributed by atoms with Gasteiger partial charge in [-0.2, -0.15) is 13.9 Å². The molecule has 0 saturated heterocycles. The van der Waals surface area contributed by atoms with Crippen LogP contribution in [0.15, 0.2) is 30.5 Å². The van der Waals surface area contributed by atoms with Crippen molar-refractivity contribution in [2.24, 2.45) is 7.05 Å². The molecule has 2 rings (SSSR count). The van der Waals surface area contributed by atoms with E-state index in [9.17, 15) is 13.6 Å². The highest BCUT2D eigenvalue weighted by atomic mass is 19.3. The van der Waals surface area contributed by atoms with Crippen molar-refractivity contribution < 1.29 is 18.3 Å². The maximum absolute atomic E-state index is 12.3. The Balaban J connectivity index is 2.22. The highest BCUT2D eigenvalue weighted by molar-refractivity contribution is 6.06. The molecule has 0 aliphatic rings. The minimum atomic E-state index is -2.98. The number of hydrogen-bond donors (Lipinski definition) is 2. The number of hydrogen-bond acceptors (Lipinski definition) is 4. The lowest BCUT2D eigenvalue weighted by Crippen LogP contribution is -2.16. The van der Waals surface area contributed by atoms with Gasteiger partial charge in [0.2, 0.25) is 0 Å². The number of nitrogens with zero attached hydrogens (tertiary/aromatic N) is 2. The van der Waals surface area contributed by atoms with Crippen LogP contribution in [0.2, 0.25) is 0 Å². The van der Waals surface area contributed by atoms with Crippen LogP contribution in [0.3, 0.4) is 0 Å². The van der Waals surface area contributed by atoms with Crippen LogP contribution in [0.5, 0.6) is 5.75 Å². The van der Waals surface area contributed by atoms with Crippen LogP contribution < -0.4 is 15.8 Å². The minimum absolute atomic E-state index is 0.0133. The summed E-state index contributed by atoms with van der Waals surface area (Å²) in [5.74, 6) is -0.737. The first-order valence-electron chi connectivity index (χ1n) is 5.61. The molecule has 0 radical (unpaired) electrons. The summed E-state index contributed by atoms with van der Waals surface area (Å²) >= 11 is 0. The lowest BCUT2D eigenvalue weighted by atomic mass is 10.2. The number of amides is 1. The van der Waals surface area contributed by atoms with Crippen molar-refractivity contribution in [1.29, 1.82) is 0 Å². The molecule has 0 aliphatic carbocycles. The van der Waals surface area contributed by atoms with Crippen LogP contribution in [0.1, 0.15) is 10.5 Å². The third-order valence-corrected chi connectivity index (χ3v) is 2.42. The van der Waals surface area contributed by atoms with E-state index in [1.165, 1.54) is 29.1 Å². The minimum Gasteiger partial charge on any atom is -0.433 e. The van der Waals surface area contributed by atoms with Gasteiger partial charge >= 0.3 is 6.61 Å². The van der Waals surface area contributed by atoms with Crippen molar-refractivity contribution in [3.05, 3.63) is 36.2 Å². The molecule has 6 nitrogen and oxygen atoms in total. The van der Waals surface area contributed by atoms with E-state index < -0.39 is 12.5 Å². The second-order valence-electron chi connectivity index (χ2n) is 3.94. The highest BCUT2D eigenvalue weighted by Gasteiger charge is 2.17. The Morgan fingerprint density at radius 3 is 2.75 bits per heavy atom. The summed E-state index contributed by atoms with van der Waals surface area (Å²) in [5.41, 5.74) is 5.94. The molecule has 20 heavy (non-hydrogen) atoms. The van der Waals surface area contributed by atoms with Gasteiger partial charge in [0.15, 0.2) is 5.69 Å². The normalized spacial score (nSPS) is 10.6. The molecule has 0 aliphatic heterocycles. The van der Waals surface area contributed by atoms with Gasteiger partial charge in [-0.15, -0.1) is 0 Å². The van der Waals surface area contributed by atoms with Crippen LogP contribution in [0, 0.1) is 0 Å². The number of carbonyl (C=O) groups excluding carboxylic acids is 1. The van der Waals surface area contributed by atoms with E-state index in [1.54, 1.807) is 13.1 Å². The number of halogens is 2. The number of nitrogens with two attached hydrogens (primary N) is 1. The molecule has 1 heterocycles. The quantitative estimate of drug-likeness (QED) is 0.896. The number of alkyl halides is 2. The largest absolute Gasteiger partial charge is 0.433 e. The van der Waals surface area contributed by atoms with Crippen molar-refractivity contribution in [2.45, 2.75) is 6.61 Å². The maximum atomic E-state index is 12.3. The molecule has 0 atom stereocenters. The topological polar surface area (TPSA) is 82.2 Å². The molecule has 0 fully saturated rings. The van der Waals surface area contributed by atoms with E-state index in [1.807, 2.05) is 0 Å². The fourth-order valence-electron chi connectivity index (χ4n) is 1.63. The fraction of sp³-hybridized carbons (Fsp3) is 0.167. The van der Waals surface area contributed by atoms with Crippen molar-refractivity contribution in [1.82, 2.24) is 9.78 Å². The molecule has 1 aromatic heterocycles. The summed E-state index contributed by atoms with van der Waals surface area (Å²) in [5, 5.41) is 6.32. The highest BCUT2D eigenvalue weighted by Crippen LogP contribution is 2.26. The number of anilines is 2. The Morgan fingerprint density at radius 1 is 1.45 bits per heavy atom. The van der Waals surface area contributed by atoms with Crippen LogP contribution in [-0.4, -0.2) is 22.3 Å². The van der Waals surface area contributed by atoms with Gasteiger partial charge in [0.25, 0.3) is 5.91 Å². The van der Waals surface area contributed by atoms with Gasteiger partial charge in [0, 0.05) is 13.2 Å². The standard InChI is InChI=1S/C12H12F2N4O2/c1-18-6-7(15)10(17-18)11(19)16-8-4-2-3-5-9(8)20-12(13)14/h2-6,12H,15H2,1H3,(H,16,19). The molecule has 1 aromatic carbocycles. The van der Waals surface area contributed by atoms with Gasteiger partial charge in [-0.05, 0) is 12.1 Å². The third kappa shape index (κ3) is 3.02. The summed E-state index contributed by atoms with van der Waals surface area (Å²) < 4.78 is 30.2. The Bertz CT molecular complexity index is 628. The molecule has 2 aromatic rings. The first-order chi connectivity index (χ1) is 9.47. The maximum Gasteiger partial charge on any atom is 0.387 e. The zero-order valence-electron chi connectivity index (χ0n) is 10.5. The Labute approximate surface area is 113 Å². The average molecular weight is 282 g/mol. The molecule has 106 valence electrons. The van der Waals surface area contributed by atoms with Gasteiger partial charge in [0.05, 0.1) is 11.4 Å². The number of aryl methyl sites for hydroxylation is 1. The predicted molar refractivity (Wildman–Crippen MR) is 68.6 cm³/mol. The van der Waals surface area contributed by atoms with Crippen LogP contribution >= 0.6 is 0 Å². The van der Waals surface area contributed by atoms with Crippen LogP contribution in [0.4, 0.5) is 20.2 Å². The van der Waals surface area contributed by atoms with Crippen molar-refractivity contribution in [2.75, 3.05) is 11.1 Å². The van der Waals surface area contributed by atoms with Crippen LogP contribution in [-0.2, 0) is 7.05 Å². The number of para-hydroxylation sites is 2. The molecular weight excluding hydrogens is 270 g/mol. The first-order valence-corrected chi connectivity index (χ1v) is 5.61. The van der Waals surface area contributed by atoms with Crippen molar-refractivity contribution >= 4 is 17.3 Å².